The average molecular weight is 609 g/mol. The fraction of sp³-hybridized carbons (Fsp3) is 0.417. The number of hydrogen-bond acceptors (Lipinski definition) is 8. The van der Waals surface area contributed by atoms with Crippen molar-refractivity contribution >= 4 is 17.5 Å². The number of carbonyl (C=O) groups excluding carboxylic acids is 3. The second-order valence-electron chi connectivity index (χ2n) is 12.1. The minimum Gasteiger partial charge on any atom is -0.497 e. The summed E-state index contributed by atoms with van der Waals surface area (Å²) in [6.45, 7) is 5.67. The summed E-state index contributed by atoms with van der Waals surface area (Å²) in [5.41, 5.74) is 3.09. The molecule has 45 heavy (non-hydrogen) atoms. The number of likely N-dealkylation sites (tertiary alicyclic amines) is 2. The van der Waals surface area contributed by atoms with Crippen molar-refractivity contribution in [2.75, 3.05) is 40.4 Å². The summed E-state index contributed by atoms with van der Waals surface area (Å²) in [6.07, 6.45) is 4.08. The van der Waals surface area contributed by atoms with Crippen LogP contribution in [0, 0.1) is 29.1 Å². The predicted octanol–water partition coefficient (Wildman–Crippen LogP) is 5.44. The number of Topliss-reactive ketones (excluding diaryl/α,β-unsaturated/α-hetero) is 2. The van der Waals surface area contributed by atoms with Crippen molar-refractivity contribution < 1.29 is 23.9 Å². The molecular formula is C36H40N4O5. The molecule has 2 aliphatic heterocycles. The Morgan fingerprint density at radius 3 is 2.29 bits per heavy atom. The average Bonchev–Trinajstić information content (AvgIpc) is 3.09. The Morgan fingerprint density at radius 2 is 1.67 bits per heavy atom. The first kappa shape index (κ1) is 31.9. The van der Waals surface area contributed by atoms with Gasteiger partial charge in [-0.2, -0.15) is 5.26 Å². The monoisotopic (exact) mass is 608 g/mol. The zero-order valence-electron chi connectivity index (χ0n) is 26.2. The molecule has 2 saturated heterocycles. The van der Waals surface area contributed by atoms with E-state index in [1.807, 2.05) is 18.2 Å². The molecular weight excluding hydrogens is 568 g/mol. The Hall–Kier alpha value is -4.55. The zero-order chi connectivity index (χ0) is 31.9. The molecule has 5 rings (SSSR count). The maximum Gasteiger partial charge on any atom is 0.272 e. The lowest BCUT2D eigenvalue weighted by Crippen LogP contribution is -2.40. The number of carbonyl (C=O) groups is 3. The van der Waals surface area contributed by atoms with Crippen LogP contribution < -0.4 is 9.47 Å². The summed E-state index contributed by atoms with van der Waals surface area (Å²) in [5, 5.41) is 9.39. The summed E-state index contributed by atoms with van der Waals surface area (Å²) < 4.78 is 10.4. The van der Waals surface area contributed by atoms with Crippen LogP contribution in [0.25, 0.3) is 0 Å². The summed E-state index contributed by atoms with van der Waals surface area (Å²) in [5.74, 6) is 1.73. The van der Waals surface area contributed by atoms with E-state index < -0.39 is 0 Å². The van der Waals surface area contributed by atoms with Crippen molar-refractivity contribution in [3.63, 3.8) is 0 Å². The maximum absolute atomic E-state index is 13.2. The number of methoxy groups -OCH3 is 2. The maximum atomic E-state index is 13.2. The Bertz CT molecular complexity index is 1560. The smallest absolute Gasteiger partial charge is 0.272 e. The molecule has 2 fully saturated rings. The van der Waals surface area contributed by atoms with Gasteiger partial charge in [0.2, 0.25) is 0 Å². The second-order valence-corrected chi connectivity index (χ2v) is 12.1. The molecule has 9 heteroatoms. The number of nitriles is 1. The molecule has 0 spiro atoms. The lowest BCUT2D eigenvalue weighted by Gasteiger charge is -2.36. The van der Waals surface area contributed by atoms with Crippen molar-refractivity contribution in [1.29, 1.82) is 5.26 Å². The van der Waals surface area contributed by atoms with Gasteiger partial charge in [-0.15, -0.1) is 0 Å². The number of aromatic nitrogens is 1. The number of nitrogens with zero attached hydrogens (tertiary/aromatic N) is 4. The minimum absolute atomic E-state index is 0.0403. The summed E-state index contributed by atoms with van der Waals surface area (Å²) >= 11 is 0. The fourth-order valence-corrected chi connectivity index (χ4v) is 6.47. The Kier molecular flexibility index (Phi) is 10.3. The lowest BCUT2D eigenvalue weighted by molar-refractivity contribution is 0.0645. The van der Waals surface area contributed by atoms with Crippen LogP contribution in [0.15, 0.2) is 60.8 Å². The van der Waals surface area contributed by atoms with E-state index in [1.165, 1.54) is 6.20 Å². The van der Waals surface area contributed by atoms with Gasteiger partial charge < -0.3 is 14.4 Å². The molecule has 9 nitrogen and oxygen atoms in total. The highest BCUT2D eigenvalue weighted by molar-refractivity contribution is 5.99. The highest BCUT2D eigenvalue weighted by Gasteiger charge is 2.30. The predicted molar refractivity (Wildman–Crippen MR) is 169 cm³/mol. The van der Waals surface area contributed by atoms with E-state index in [0.717, 1.165) is 31.6 Å². The number of ketones is 2. The first-order valence-corrected chi connectivity index (χ1v) is 15.6. The van der Waals surface area contributed by atoms with E-state index in [2.05, 4.69) is 22.9 Å². The van der Waals surface area contributed by atoms with Crippen LogP contribution in [0.5, 0.6) is 11.5 Å². The number of amides is 1. The second kappa shape index (κ2) is 14.5. The van der Waals surface area contributed by atoms with E-state index in [9.17, 15) is 19.6 Å². The molecule has 3 heterocycles. The van der Waals surface area contributed by atoms with E-state index >= 15 is 0 Å². The van der Waals surface area contributed by atoms with Crippen LogP contribution in [0.2, 0.25) is 0 Å². The topological polar surface area (TPSA) is 113 Å². The Balaban J connectivity index is 1.09. The minimum atomic E-state index is -0.177. The molecule has 1 amide bonds. The third kappa shape index (κ3) is 7.58. The van der Waals surface area contributed by atoms with Gasteiger partial charge in [0.15, 0.2) is 11.6 Å². The molecule has 0 radical (unpaired) electrons. The number of benzene rings is 2. The van der Waals surface area contributed by atoms with Crippen molar-refractivity contribution in [3.8, 4) is 17.6 Å². The van der Waals surface area contributed by atoms with Gasteiger partial charge in [0.05, 0.1) is 19.8 Å². The van der Waals surface area contributed by atoms with Crippen LogP contribution in [0.4, 0.5) is 0 Å². The molecule has 1 aromatic heterocycles. The number of hydrogen-bond donors (Lipinski definition) is 0. The largest absolute Gasteiger partial charge is 0.497 e. The summed E-state index contributed by atoms with van der Waals surface area (Å²) in [6, 6.07) is 18.4. The molecule has 3 aromatic rings. The van der Waals surface area contributed by atoms with E-state index in [-0.39, 0.29) is 29.3 Å². The quantitative estimate of drug-likeness (QED) is 0.280. The van der Waals surface area contributed by atoms with Crippen LogP contribution in [-0.4, -0.2) is 72.7 Å². The molecule has 0 bridgehead atoms. The van der Waals surface area contributed by atoms with Crippen LogP contribution in [0.3, 0.4) is 0 Å². The summed E-state index contributed by atoms with van der Waals surface area (Å²) in [4.78, 5) is 47.7. The molecule has 0 saturated carbocycles. The molecule has 1 unspecified atom stereocenters. The van der Waals surface area contributed by atoms with Gasteiger partial charge in [-0.05, 0) is 91.7 Å². The van der Waals surface area contributed by atoms with Gasteiger partial charge in [-0.3, -0.25) is 24.3 Å². The first-order valence-electron chi connectivity index (χ1n) is 15.6. The van der Waals surface area contributed by atoms with E-state index in [0.29, 0.717) is 72.2 Å². The molecule has 234 valence electrons. The van der Waals surface area contributed by atoms with Crippen LogP contribution >= 0.6 is 0 Å². The van der Waals surface area contributed by atoms with Crippen molar-refractivity contribution in [1.82, 2.24) is 14.8 Å². The highest BCUT2D eigenvalue weighted by atomic mass is 16.5. The van der Waals surface area contributed by atoms with Crippen LogP contribution in [-0.2, 0) is 6.54 Å². The van der Waals surface area contributed by atoms with Gasteiger partial charge in [0, 0.05) is 55.8 Å². The summed E-state index contributed by atoms with van der Waals surface area (Å²) in [7, 11) is 3.16. The van der Waals surface area contributed by atoms with Crippen molar-refractivity contribution in [3.05, 3.63) is 88.7 Å². The standard InChI is InChI=1S/C36H40N4O5/c1-24-22-39(23-25-4-11-34(45-3)30(18-25)20-37)15-12-28(24)19-33(41)29-7-10-32(38-21-29)36(43)40-16-13-27(14-17-40)35(42)26-5-8-31(44-2)9-6-26/h4-11,18,21,24,27-28H,12-17,19,22-23H2,1-3H3/t24-,28?/m0/s1. The number of ether oxygens (including phenoxy) is 2. The Morgan fingerprint density at radius 1 is 0.933 bits per heavy atom. The molecule has 0 aliphatic carbocycles. The van der Waals surface area contributed by atoms with Gasteiger partial charge >= 0.3 is 0 Å². The van der Waals surface area contributed by atoms with E-state index in [4.69, 9.17) is 9.47 Å². The first-order chi connectivity index (χ1) is 21.8. The lowest BCUT2D eigenvalue weighted by atomic mass is 9.82. The third-order valence-electron chi connectivity index (χ3n) is 9.24. The van der Waals surface area contributed by atoms with Crippen molar-refractivity contribution in [2.24, 2.45) is 17.8 Å². The highest BCUT2D eigenvalue weighted by Crippen LogP contribution is 2.30. The normalized spacial score (nSPS) is 19.0. The van der Waals surface area contributed by atoms with E-state index in [1.54, 1.807) is 55.5 Å². The fourth-order valence-electron chi connectivity index (χ4n) is 6.47. The Labute approximate surface area is 264 Å². The van der Waals surface area contributed by atoms with Gasteiger partial charge in [0.25, 0.3) is 5.91 Å². The molecule has 2 aromatic carbocycles. The van der Waals surface area contributed by atoms with Gasteiger partial charge in [-0.25, -0.2) is 0 Å². The number of piperidine rings is 2. The van der Waals surface area contributed by atoms with Gasteiger partial charge in [0.1, 0.15) is 23.3 Å². The van der Waals surface area contributed by atoms with Crippen LogP contribution in [0.1, 0.15) is 74.9 Å². The number of rotatable bonds is 10. The molecule has 0 N–H and O–H groups in total. The molecule has 2 aliphatic rings. The zero-order valence-corrected chi connectivity index (χ0v) is 26.2. The van der Waals surface area contributed by atoms with Gasteiger partial charge in [-0.1, -0.05) is 13.0 Å². The van der Waals surface area contributed by atoms with Crippen molar-refractivity contribution in [2.45, 2.75) is 39.2 Å². The molecule has 2 atom stereocenters. The third-order valence-corrected chi connectivity index (χ3v) is 9.24. The SMILES string of the molecule is COc1ccc(C(=O)C2CCN(C(=O)c3ccc(C(=O)CC4CCN(Cc5ccc(OC)c(C#N)c5)C[C@@H]4C)cn3)CC2)cc1. The number of pyridine rings is 1.